The minimum atomic E-state index is -0.446. The number of halogens is 3. The monoisotopic (exact) mass is 370 g/mol. The van der Waals surface area contributed by atoms with Gasteiger partial charge in [-0.1, -0.05) is 27.5 Å². The first kappa shape index (κ1) is 14.8. The van der Waals surface area contributed by atoms with Crippen LogP contribution in [0.15, 0.2) is 34.9 Å². The summed E-state index contributed by atoms with van der Waals surface area (Å²) < 4.78 is 19.9. The molecule has 0 unspecified atom stereocenters. The SMILES string of the molecule is Fc1cc(Br)ccc1Oc1cc(CNC2CC2)c(Cl)cn1. The molecule has 0 atom stereocenters. The highest BCUT2D eigenvalue weighted by molar-refractivity contribution is 9.10. The van der Waals surface area contributed by atoms with Gasteiger partial charge in [-0.3, -0.25) is 0 Å². The fourth-order valence-corrected chi connectivity index (χ4v) is 2.37. The Bertz CT molecular complexity index is 664. The van der Waals surface area contributed by atoms with Crippen LogP contribution in [0.25, 0.3) is 0 Å². The first-order valence-corrected chi connectivity index (χ1v) is 7.79. The van der Waals surface area contributed by atoms with E-state index in [0.717, 1.165) is 5.56 Å². The van der Waals surface area contributed by atoms with Crippen molar-refractivity contribution in [2.24, 2.45) is 0 Å². The maximum absolute atomic E-state index is 13.8. The van der Waals surface area contributed by atoms with Crippen LogP contribution in [0.5, 0.6) is 11.6 Å². The normalized spacial score (nSPS) is 14.2. The third-order valence-electron chi connectivity index (χ3n) is 3.18. The Kier molecular flexibility index (Phi) is 4.42. The highest BCUT2D eigenvalue weighted by Crippen LogP contribution is 2.28. The number of hydrogen-bond acceptors (Lipinski definition) is 3. The van der Waals surface area contributed by atoms with E-state index in [1.165, 1.54) is 25.1 Å². The van der Waals surface area contributed by atoms with Crippen LogP contribution in [0.2, 0.25) is 5.02 Å². The van der Waals surface area contributed by atoms with Gasteiger partial charge < -0.3 is 10.1 Å². The van der Waals surface area contributed by atoms with Crippen molar-refractivity contribution < 1.29 is 9.13 Å². The third-order valence-corrected chi connectivity index (χ3v) is 4.01. The zero-order chi connectivity index (χ0) is 14.8. The van der Waals surface area contributed by atoms with Crippen molar-refractivity contribution in [1.82, 2.24) is 10.3 Å². The van der Waals surface area contributed by atoms with Gasteiger partial charge in [0.25, 0.3) is 0 Å². The van der Waals surface area contributed by atoms with E-state index in [-0.39, 0.29) is 5.75 Å². The summed E-state index contributed by atoms with van der Waals surface area (Å²) >= 11 is 9.32. The highest BCUT2D eigenvalue weighted by Gasteiger charge is 2.20. The molecule has 0 amide bonds. The van der Waals surface area contributed by atoms with Crippen LogP contribution in [-0.2, 0) is 6.54 Å². The standard InChI is InChI=1S/C15H13BrClFN2O/c16-10-1-4-14(13(18)6-10)21-15-5-9(12(17)8-20-15)7-19-11-2-3-11/h1,4-6,8,11,19H,2-3,7H2. The lowest BCUT2D eigenvalue weighted by atomic mass is 10.2. The Hall–Kier alpha value is -1.17. The number of nitrogens with one attached hydrogen (secondary N) is 1. The van der Waals surface area contributed by atoms with Gasteiger partial charge in [-0.05, 0) is 36.6 Å². The molecule has 1 saturated carbocycles. The molecule has 6 heteroatoms. The summed E-state index contributed by atoms with van der Waals surface area (Å²) in [5.74, 6) is 0.0149. The minimum Gasteiger partial charge on any atom is -0.436 e. The summed E-state index contributed by atoms with van der Waals surface area (Å²) in [4.78, 5) is 4.08. The summed E-state index contributed by atoms with van der Waals surface area (Å²) in [6, 6.07) is 6.93. The van der Waals surface area contributed by atoms with Crippen LogP contribution >= 0.6 is 27.5 Å². The maximum Gasteiger partial charge on any atom is 0.219 e. The summed E-state index contributed by atoms with van der Waals surface area (Å²) in [5.41, 5.74) is 0.895. The van der Waals surface area contributed by atoms with Crippen molar-refractivity contribution >= 4 is 27.5 Å². The van der Waals surface area contributed by atoms with Gasteiger partial charge in [0.05, 0.1) is 5.02 Å². The number of aromatic nitrogens is 1. The van der Waals surface area contributed by atoms with Gasteiger partial charge in [-0.25, -0.2) is 9.37 Å². The quantitative estimate of drug-likeness (QED) is 0.828. The number of hydrogen-bond donors (Lipinski definition) is 1. The fraction of sp³-hybridized carbons (Fsp3) is 0.267. The molecule has 0 aliphatic heterocycles. The molecule has 1 aromatic heterocycles. The minimum absolute atomic E-state index is 0.133. The fourth-order valence-electron chi connectivity index (χ4n) is 1.86. The second kappa shape index (κ2) is 6.30. The lowest BCUT2D eigenvalue weighted by Crippen LogP contribution is -2.15. The largest absolute Gasteiger partial charge is 0.436 e. The van der Waals surface area contributed by atoms with Crippen LogP contribution in [0.4, 0.5) is 4.39 Å². The molecule has 0 spiro atoms. The van der Waals surface area contributed by atoms with Crippen LogP contribution < -0.4 is 10.1 Å². The number of pyridine rings is 1. The zero-order valence-corrected chi connectivity index (χ0v) is 13.4. The average Bonchev–Trinajstić information content (AvgIpc) is 3.26. The van der Waals surface area contributed by atoms with Crippen LogP contribution in [0.1, 0.15) is 18.4 Å². The number of ether oxygens (including phenoxy) is 1. The molecule has 21 heavy (non-hydrogen) atoms. The smallest absolute Gasteiger partial charge is 0.219 e. The molecule has 1 aliphatic rings. The molecule has 0 saturated heterocycles. The molecule has 0 radical (unpaired) electrons. The summed E-state index contributed by atoms with van der Waals surface area (Å²) in [6.45, 7) is 0.658. The molecule has 110 valence electrons. The molecule has 1 aliphatic carbocycles. The van der Waals surface area contributed by atoms with Gasteiger partial charge in [-0.2, -0.15) is 0 Å². The number of benzene rings is 1. The van der Waals surface area contributed by atoms with Crippen molar-refractivity contribution in [1.29, 1.82) is 0 Å². The van der Waals surface area contributed by atoms with Gasteiger partial charge in [-0.15, -0.1) is 0 Å². The molecular weight excluding hydrogens is 359 g/mol. The van der Waals surface area contributed by atoms with Gasteiger partial charge in [0, 0.05) is 29.3 Å². The van der Waals surface area contributed by atoms with E-state index in [2.05, 4.69) is 26.2 Å². The molecule has 1 heterocycles. The first-order valence-electron chi connectivity index (χ1n) is 6.62. The summed E-state index contributed by atoms with van der Waals surface area (Å²) in [6.07, 6.45) is 3.93. The summed E-state index contributed by atoms with van der Waals surface area (Å²) in [7, 11) is 0. The van der Waals surface area contributed by atoms with E-state index in [9.17, 15) is 4.39 Å². The first-order chi connectivity index (χ1) is 10.1. The van der Waals surface area contributed by atoms with E-state index >= 15 is 0 Å². The lowest BCUT2D eigenvalue weighted by molar-refractivity contribution is 0.426. The molecule has 2 aromatic rings. The number of nitrogens with zero attached hydrogens (tertiary/aromatic N) is 1. The van der Waals surface area contributed by atoms with E-state index < -0.39 is 5.82 Å². The Balaban J connectivity index is 1.76. The molecular formula is C15H13BrClFN2O. The number of rotatable bonds is 5. The maximum atomic E-state index is 13.8. The molecule has 3 rings (SSSR count). The van der Waals surface area contributed by atoms with Crippen LogP contribution in [0, 0.1) is 5.82 Å². The van der Waals surface area contributed by atoms with Gasteiger partial charge in [0.2, 0.25) is 5.88 Å². The van der Waals surface area contributed by atoms with Gasteiger partial charge in [0.1, 0.15) is 0 Å². The predicted octanol–water partition coefficient (Wildman–Crippen LogP) is 4.68. The van der Waals surface area contributed by atoms with Crippen LogP contribution in [-0.4, -0.2) is 11.0 Å². The predicted molar refractivity (Wildman–Crippen MR) is 83.3 cm³/mol. The molecule has 1 fully saturated rings. The molecule has 1 N–H and O–H groups in total. The van der Waals surface area contributed by atoms with Crippen LogP contribution in [0.3, 0.4) is 0 Å². The lowest BCUT2D eigenvalue weighted by Gasteiger charge is -2.09. The van der Waals surface area contributed by atoms with Crippen molar-refractivity contribution in [3.63, 3.8) is 0 Å². The van der Waals surface area contributed by atoms with E-state index in [1.807, 2.05) is 0 Å². The van der Waals surface area contributed by atoms with Gasteiger partial charge in [0.15, 0.2) is 11.6 Å². The highest BCUT2D eigenvalue weighted by atomic mass is 79.9. The van der Waals surface area contributed by atoms with Crippen molar-refractivity contribution in [3.05, 3.63) is 51.3 Å². The Labute approximate surface area is 135 Å². The topological polar surface area (TPSA) is 34.1 Å². The summed E-state index contributed by atoms with van der Waals surface area (Å²) in [5, 5.41) is 3.95. The van der Waals surface area contributed by atoms with Crippen molar-refractivity contribution in [3.8, 4) is 11.6 Å². The molecule has 1 aromatic carbocycles. The van der Waals surface area contributed by atoms with Crippen molar-refractivity contribution in [2.45, 2.75) is 25.4 Å². The Morgan fingerprint density at radius 1 is 1.38 bits per heavy atom. The van der Waals surface area contributed by atoms with Crippen molar-refractivity contribution in [2.75, 3.05) is 0 Å². The average molecular weight is 372 g/mol. The van der Waals surface area contributed by atoms with Gasteiger partial charge >= 0.3 is 0 Å². The second-order valence-electron chi connectivity index (χ2n) is 4.95. The molecule has 3 nitrogen and oxygen atoms in total. The Morgan fingerprint density at radius 2 is 2.19 bits per heavy atom. The Morgan fingerprint density at radius 3 is 2.90 bits per heavy atom. The second-order valence-corrected chi connectivity index (χ2v) is 6.27. The third kappa shape index (κ3) is 3.93. The zero-order valence-electron chi connectivity index (χ0n) is 11.1. The van der Waals surface area contributed by atoms with E-state index in [4.69, 9.17) is 16.3 Å². The van der Waals surface area contributed by atoms with E-state index in [1.54, 1.807) is 18.2 Å². The van der Waals surface area contributed by atoms with E-state index in [0.29, 0.717) is 28.0 Å². The molecule has 0 bridgehead atoms.